The molecule has 182 valence electrons. The van der Waals surface area contributed by atoms with Crippen molar-refractivity contribution in [2.45, 2.75) is 23.5 Å². The van der Waals surface area contributed by atoms with Crippen LogP contribution in [0.1, 0.15) is 24.2 Å². The van der Waals surface area contributed by atoms with E-state index in [4.69, 9.17) is 14.2 Å². The summed E-state index contributed by atoms with van der Waals surface area (Å²) >= 11 is 1.60. The van der Waals surface area contributed by atoms with Crippen LogP contribution in [-0.2, 0) is 9.59 Å². The summed E-state index contributed by atoms with van der Waals surface area (Å²) in [4.78, 5) is 28.8. The quantitative estimate of drug-likeness (QED) is 0.459. The van der Waals surface area contributed by atoms with Gasteiger partial charge >= 0.3 is 0 Å². The SMILES string of the molecule is CCOc1ccc(NC(=O)CN2C(=O)CC(c3ccc(OC)c(OC)c3)Sc3ccccc32)cc1. The van der Waals surface area contributed by atoms with E-state index in [0.29, 0.717) is 23.8 Å². The Bertz CT molecular complexity index is 1200. The highest BCUT2D eigenvalue weighted by atomic mass is 32.2. The number of hydrogen-bond donors (Lipinski definition) is 1. The Balaban J connectivity index is 1.54. The summed E-state index contributed by atoms with van der Waals surface area (Å²) in [6.07, 6.45) is 0.241. The number of benzene rings is 3. The first-order valence-electron chi connectivity index (χ1n) is 11.3. The molecule has 1 aliphatic rings. The molecule has 1 heterocycles. The van der Waals surface area contributed by atoms with E-state index in [9.17, 15) is 9.59 Å². The Morgan fingerprint density at radius 3 is 2.49 bits per heavy atom. The van der Waals surface area contributed by atoms with E-state index >= 15 is 0 Å². The van der Waals surface area contributed by atoms with Crippen molar-refractivity contribution in [3.63, 3.8) is 0 Å². The summed E-state index contributed by atoms with van der Waals surface area (Å²) in [5, 5.41) is 2.74. The molecular weight excluding hydrogens is 464 g/mol. The van der Waals surface area contributed by atoms with Crippen molar-refractivity contribution < 1.29 is 23.8 Å². The number of rotatable bonds is 8. The highest BCUT2D eigenvalue weighted by Gasteiger charge is 2.30. The maximum atomic E-state index is 13.4. The van der Waals surface area contributed by atoms with Crippen molar-refractivity contribution in [3.8, 4) is 17.2 Å². The van der Waals surface area contributed by atoms with Gasteiger partial charge in [-0.3, -0.25) is 9.59 Å². The number of nitrogens with zero attached hydrogens (tertiary/aromatic N) is 1. The summed E-state index contributed by atoms with van der Waals surface area (Å²) in [6, 6.07) is 20.5. The van der Waals surface area contributed by atoms with Gasteiger partial charge in [0.05, 0.1) is 26.5 Å². The summed E-state index contributed by atoms with van der Waals surface area (Å²) in [7, 11) is 3.18. The second-order valence-electron chi connectivity index (χ2n) is 7.88. The second kappa shape index (κ2) is 11.2. The third kappa shape index (κ3) is 5.71. The van der Waals surface area contributed by atoms with Crippen LogP contribution in [-0.4, -0.2) is 39.2 Å². The lowest BCUT2D eigenvalue weighted by atomic mass is 10.1. The molecule has 3 aromatic carbocycles. The summed E-state index contributed by atoms with van der Waals surface area (Å²) < 4.78 is 16.3. The molecule has 0 bridgehead atoms. The molecule has 1 atom stereocenters. The van der Waals surface area contributed by atoms with Crippen molar-refractivity contribution in [3.05, 3.63) is 72.3 Å². The van der Waals surface area contributed by atoms with Crippen molar-refractivity contribution in [2.75, 3.05) is 37.6 Å². The van der Waals surface area contributed by atoms with Gasteiger partial charge in [-0.2, -0.15) is 0 Å². The van der Waals surface area contributed by atoms with Crippen LogP contribution in [0, 0.1) is 0 Å². The minimum atomic E-state index is -0.271. The van der Waals surface area contributed by atoms with Crippen LogP contribution in [0.3, 0.4) is 0 Å². The number of anilines is 2. The fraction of sp³-hybridized carbons (Fsp3) is 0.259. The molecule has 0 saturated heterocycles. The van der Waals surface area contributed by atoms with Crippen molar-refractivity contribution in [2.24, 2.45) is 0 Å². The molecule has 7 nitrogen and oxygen atoms in total. The zero-order valence-electron chi connectivity index (χ0n) is 19.9. The number of carbonyl (C=O) groups excluding carboxylic acids is 2. The fourth-order valence-corrected chi connectivity index (χ4v) is 5.21. The Morgan fingerprint density at radius 2 is 1.77 bits per heavy atom. The monoisotopic (exact) mass is 492 g/mol. The van der Waals surface area contributed by atoms with Crippen molar-refractivity contribution >= 4 is 35.0 Å². The van der Waals surface area contributed by atoms with E-state index in [-0.39, 0.29) is 30.0 Å². The maximum absolute atomic E-state index is 13.4. The molecule has 0 fully saturated rings. The Labute approximate surface area is 209 Å². The molecule has 0 radical (unpaired) electrons. The Hall–Kier alpha value is -3.65. The minimum absolute atomic E-state index is 0.0811. The van der Waals surface area contributed by atoms with Gasteiger partial charge < -0.3 is 24.4 Å². The van der Waals surface area contributed by atoms with Gasteiger partial charge in [-0.15, -0.1) is 11.8 Å². The highest BCUT2D eigenvalue weighted by molar-refractivity contribution is 7.99. The van der Waals surface area contributed by atoms with Crippen LogP contribution in [0.4, 0.5) is 11.4 Å². The molecule has 0 saturated carbocycles. The van der Waals surface area contributed by atoms with Gasteiger partial charge in [0.15, 0.2) is 11.5 Å². The zero-order chi connectivity index (χ0) is 24.8. The van der Waals surface area contributed by atoms with Crippen LogP contribution >= 0.6 is 11.8 Å². The summed E-state index contributed by atoms with van der Waals surface area (Å²) in [5.41, 5.74) is 2.33. The van der Waals surface area contributed by atoms with E-state index in [1.807, 2.05) is 49.4 Å². The molecular formula is C27H28N2O5S. The molecule has 0 aromatic heterocycles. The fourth-order valence-electron chi connectivity index (χ4n) is 3.94. The van der Waals surface area contributed by atoms with Crippen LogP contribution in [0.25, 0.3) is 0 Å². The number of carbonyl (C=O) groups is 2. The van der Waals surface area contributed by atoms with Crippen LogP contribution in [0.15, 0.2) is 71.6 Å². The molecule has 1 aliphatic heterocycles. The van der Waals surface area contributed by atoms with Crippen LogP contribution < -0.4 is 24.4 Å². The number of hydrogen-bond acceptors (Lipinski definition) is 6. The largest absolute Gasteiger partial charge is 0.494 e. The topological polar surface area (TPSA) is 77.1 Å². The van der Waals surface area contributed by atoms with Crippen LogP contribution in [0.2, 0.25) is 0 Å². The first-order chi connectivity index (χ1) is 17.0. The van der Waals surface area contributed by atoms with Gasteiger partial charge in [-0.05, 0) is 61.0 Å². The molecule has 0 spiro atoms. The molecule has 35 heavy (non-hydrogen) atoms. The zero-order valence-corrected chi connectivity index (χ0v) is 20.8. The average molecular weight is 493 g/mol. The molecule has 1 unspecified atom stereocenters. The number of thioether (sulfide) groups is 1. The number of methoxy groups -OCH3 is 2. The van der Waals surface area contributed by atoms with Crippen molar-refractivity contribution in [1.82, 2.24) is 0 Å². The Morgan fingerprint density at radius 1 is 1.03 bits per heavy atom. The number of fused-ring (bicyclic) bond motifs is 1. The Kier molecular flexibility index (Phi) is 7.82. The van der Waals surface area contributed by atoms with Crippen molar-refractivity contribution in [1.29, 1.82) is 0 Å². The van der Waals surface area contributed by atoms with Crippen LogP contribution in [0.5, 0.6) is 17.2 Å². The van der Waals surface area contributed by atoms with E-state index in [1.54, 1.807) is 55.1 Å². The highest BCUT2D eigenvalue weighted by Crippen LogP contribution is 2.46. The van der Waals surface area contributed by atoms with E-state index in [2.05, 4.69) is 5.32 Å². The molecule has 1 N–H and O–H groups in total. The lowest BCUT2D eigenvalue weighted by Gasteiger charge is -2.22. The third-order valence-corrected chi connectivity index (χ3v) is 6.94. The lowest BCUT2D eigenvalue weighted by Crippen LogP contribution is -2.38. The molecule has 0 aliphatic carbocycles. The number of para-hydroxylation sites is 1. The van der Waals surface area contributed by atoms with Gasteiger partial charge in [0, 0.05) is 22.3 Å². The number of amides is 2. The second-order valence-corrected chi connectivity index (χ2v) is 9.12. The average Bonchev–Trinajstić information content (AvgIpc) is 3.01. The molecule has 3 aromatic rings. The van der Waals surface area contributed by atoms with Gasteiger partial charge in [-0.25, -0.2) is 0 Å². The van der Waals surface area contributed by atoms with E-state index < -0.39 is 0 Å². The first-order valence-corrected chi connectivity index (χ1v) is 12.2. The van der Waals surface area contributed by atoms with Gasteiger partial charge in [0.25, 0.3) is 0 Å². The standard InChI is InChI=1S/C27H28N2O5S/c1-4-34-20-12-10-19(11-13-20)28-26(30)17-29-21-7-5-6-8-24(21)35-25(16-27(29)31)18-9-14-22(32-2)23(15-18)33-3/h5-15,25H,4,16-17H2,1-3H3,(H,28,30). The van der Waals surface area contributed by atoms with E-state index in [1.165, 1.54) is 0 Å². The van der Waals surface area contributed by atoms with Gasteiger partial charge in [0.1, 0.15) is 12.3 Å². The smallest absolute Gasteiger partial charge is 0.244 e. The minimum Gasteiger partial charge on any atom is -0.494 e. The number of ether oxygens (including phenoxy) is 3. The third-order valence-electron chi connectivity index (χ3n) is 5.62. The molecule has 2 amide bonds. The summed E-state index contributed by atoms with van der Waals surface area (Å²) in [5.74, 6) is 1.59. The summed E-state index contributed by atoms with van der Waals surface area (Å²) in [6.45, 7) is 2.41. The molecule has 4 rings (SSSR count). The lowest BCUT2D eigenvalue weighted by molar-refractivity contribution is -0.121. The molecule has 8 heteroatoms. The maximum Gasteiger partial charge on any atom is 0.244 e. The predicted octanol–water partition coefficient (Wildman–Crippen LogP) is 5.31. The predicted molar refractivity (Wildman–Crippen MR) is 138 cm³/mol. The van der Waals surface area contributed by atoms with Gasteiger partial charge in [-0.1, -0.05) is 18.2 Å². The van der Waals surface area contributed by atoms with Gasteiger partial charge in [0.2, 0.25) is 11.8 Å². The normalized spacial score (nSPS) is 15.1. The number of nitrogens with one attached hydrogen (secondary N) is 1. The van der Waals surface area contributed by atoms with E-state index in [0.717, 1.165) is 21.9 Å². The first kappa shape index (κ1) is 24.5.